The average Bonchev–Trinajstić information content (AvgIpc) is 3.29. The lowest BCUT2D eigenvalue weighted by molar-refractivity contribution is 0.0743. The predicted octanol–water partition coefficient (Wildman–Crippen LogP) is 2.49. The number of rotatable bonds is 5. The Labute approximate surface area is 151 Å². The molecule has 1 aliphatic rings. The molecule has 2 aromatic rings. The number of nitrogens with one attached hydrogen (secondary N) is 1. The van der Waals surface area contributed by atoms with Crippen LogP contribution in [0.4, 0.5) is 0 Å². The molecular weight excluding hydrogens is 334 g/mol. The van der Waals surface area contributed by atoms with Crippen molar-refractivity contribution in [2.24, 2.45) is 11.7 Å². The zero-order chi connectivity index (χ0) is 17.8. The van der Waals surface area contributed by atoms with Crippen LogP contribution in [-0.4, -0.2) is 35.8 Å². The number of amides is 2. The van der Waals surface area contributed by atoms with E-state index in [2.05, 4.69) is 12.2 Å². The Kier molecular flexibility index (Phi) is 5.50. The average molecular weight is 357 g/mol. The number of thiophene rings is 1. The van der Waals surface area contributed by atoms with Gasteiger partial charge in [0.15, 0.2) is 0 Å². The molecule has 5 nitrogen and oxygen atoms in total. The molecule has 1 fully saturated rings. The first-order valence-electron chi connectivity index (χ1n) is 8.50. The van der Waals surface area contributed by atoms with Gasteiger partial charge in [0, 0.05) is 24.7 Å². The highest BCUT2D eigenvalue weighted by atomic mass is 32.1. The first-order valence-corrected chi connectivity index (χ1v) is 9.38. The van der Waals surface area contributed by atoms with Crippen molar-refractivity contribution in [2.75, 3.05) is 13.1 Å². The second kappa shape index (κ2) is 7.80. The third kappa shape index (κ3) is 4.08. The van der Waals surface area contributed by atoms with Crippen LogP contribution in [0.1, 0.15) is 38.9 Å². The normalized spacial score (nSPS) is 19.8. The van der Waals surface area contributed by atoms with Gasteiger partial charge in [0.2, 0.25) is 0 Å². The second-order valence-corrected chi connectivity index (χ2v) is 7.45. The maximum Gasteiger partial charge on any atom is 0.261 e. The summed E-state index contributed by atoms with van der Waals surface area (Å²) >= 11 is 1.42. The lowest BCUT2D eigenvalue weighted by Gasteiger charge is -2.21. The van der Waals surface area contributed by atoms with Gasteiger partial charge in [-0.25, -0.2) is 0 Å². The molecule has 1 aliphatic heterocycles. The summed E-state index contributed by atoms with van der Waals surface area (Å²) in [6.07, 6.45) is 0.967. The fourth-order valence-corrected chi connectivity index (χ4v) is 3.84. The van der Waals surface area contributed by atoms with E-state index in [0.717, 1.165) is 18.5 Å². The van der Waals surface area contributed by atoms with Gasteiger partial charge in [-0.3, -0.25) is 9.59 Å². The molecule has 6 heteroatoms. The Bertz CT molecular complexity index is 728. The van der Waals surface area contributed by atoms with Crippen molar-refractivity contribution >= 4 is 23.2 Å². The number of hydrogen-bond acceptors (Lipinski definition) is 4. The fourth-order valence-electron chi connectivity index (χ4n) is 3.20. The first-order chi connectivity index (χ1) is 12.1. The van der Waals surface area contributed by atoms with Crippen molar-refractivity contribution in [1.82, 2.24) is 10.2 Å². The van der Waals surface area contributed by atoms with Gasteiger partial charge in [0.1, 0.15) is 0 Å². The van der Waals surface area contributed by atoms with Crippen LogP contribution in [0.5, 0.6) is 0 Å². The molecule has 1 saturated heterocycles. The topological polar surface area (TPSA) is 75.4 Å². The molecule has 0 bridgehead atoms. The highest BCUT2D eigenvalue weighted by molar-refractivity contribution is 7.12. The minimum Gasteiger partial charge on any atom is -0.347 e. The summed E-state index contributed by atoms with van der Waals surface area (Å²) in [5.74, 6) is 0.372. The zero-order valence-electron chi connectivity index (χ0n) is 14.3. The van der Waals surface area contributed by atoms with Gasteiger partial charge in [-0.1, -0.05) is 18.2 Å². The molecule has 2 unspecified atom stereocenters. The van der Waals surface area contributed by atoms with E-state index in [9.17, 15) is 9.59 Å². The Balaban J connectivity index is 1.58. The molecule has 2 atom stereocenters. The van der Waals surface area contributed by atoms with E-state index in [-0.39, 0.29) is 17.9 Å². The van der Waals surface area contributed by atoms with E-state index in [0.29, 0.717) is 29.4 Å². The van der Waals surface area contributed by atoms with Crippen molar-refractivity contribution in [3.63, 3.8) is 0 Å². The molecule has 0 spiro atoms. The van der Waals surface area contributed by atoms with Crippen LogP contribution in [0, 0.1) is 5.92 Å². The van der Waals surface area contributed by atoms with Gasteiger partial charge in [-0.05, 0) is 54.9 Å². The van der Waals surface area contributed by atoms with Gasteiger partial charge >= 0.3 is 0 Å². The first kappa shape index (κ1) is 17.6. The summed E-state index contributed by atoms with van der Waals surface area (Å²) < 4.78 is 0. The van der Waals surface area contributed by atoms with E-state index in [1.807, 2.05) is 40.6 Å². The summed E-state index contributed by atoms with van der Waals surface area (Å²) in [6.45, 7) is 3.87. The van der Waals surface area contributed by atoms with E-state index >= 15 is 0 Å². The Hall–Kier alpha value is -2.18. The second-order valence-electron chi connectivity index (χ2n) is 6.50. The number of hydrogen-bond donors (Lipinski definition) is 2. The molecule has 132 valence electrons. The lowest BCUT2D eigenvalue weighted by Crippen LogP contribution is -2.34. The van der Waals surface area contributed by atoms with Crippen LogP contribution in [0.2, 0.25) is 0 Å². The van der Waals surface area contributed by atoms with Crippen molar-refractivity contribution in [1.29, 1.82) is 0 Å². The third-order valence-electron chi connectivity index (χ3n) is 4.65. The lowest BCUT2D eigenvalue weighted by atomic mass is 10.1. The van der Waals surface area contributed by atoms with Crippen LogP contribution in [0.15, 0.2) is 41.8 Å². The Morgan fingerprint density at radius 2 is 2.04 bits per heavy atom. The predicted molar refractivity (Wildman–Crippen MR) is 99.6 cm³/mol. The Morgan fingerprint density at radius 3 is 2.64 bits per heavy atom. The Morgan fingerprint density at radius 1 is 1.28 bits per heavy atom. The zero-order valence-corrected chi connectivity index (χ0v) is 15.1. The minimum atomic E-state index is -0.0751. The molecule has 0 radical (unpaired) electrons. The largest absolute Gasteiger partial charge is 0.347 e. The van der Waals surface area contributed by atoms with Gasteiger partial charge in [-0.2, -0.15) is 0 Å². The van der Waals surface area contributed by atoms with Gasteiger partial charge in [-0.15, -0.1) is 11.3 Å². The monoisotopic (exact) mass is 357 g/mol. The molecule has 0 aliphatic carbocycles. The third-order valence-corrected chi connectivity index (χ3v) is 5.52. The number of benzene rings is 1. The summed E-state index contributed by atoms with van der Waals surface area (Å²) in [5, 5.41) is 4.77. The molecule has 3 N–H and O–H groups in total. The summed E-state index contributed by atoms with van der Waals surface area (Å²) in [5.41, 5.74) is 7.38. The maximum absolute atomic E-state index is 12.7. The van der Waals surface area contributed by atoms with E-state index in [1.165, 1.54) is 11.3 Å². The van der Waals surface area contributed by atoms with Crippen LogP contribution < -0.4 is 11.1 Å². The SMILES string of the molecule is CC1CC(CN)CN1C(=O)c1ccc(CNC(=O)c2cccs2)cc1. The van der Waals surface area contributed by atoms with E-state index in [1.54, 1.807) is 6.07 Å². The van der Waals surface area contributed by atoms with Crippen molar-refractivity contribution in [2.45, 2.75) is 25.9 Å². The van der Waals surface area contributed by atoms with E-state index in [4.69, 9.17) is 5.73 Å². The van der Waals surface area contributed by atoms with Gasteiger partial charge < -0.3 is 16.0 Å². The van der Waals surface area contributed by atoms with Crippen LogP contribution in [0.3, 0.4) is 0 Å². The van der Waals surface area contributed by atoms with E-state index < -0.39 is 0 Å². The molecule has 0 saturated carbocycles. The van der Waals surface area contributed by atoms with Crippen molar-refractivity contribution < 1.29 is 9.59 Å². The minimum absolute atomic E-state index is 0.0534. The van der Waals surface area contributed by atoms with Crippen molar-refractivity contribution in [3.05, 3.63) is 57.8 Å². The number of carbonyl (C=O) groups is 2. The quantitative estimate of drug-likeness (QED) is 0.863. The summed E-state index contributed by atoms with van der Waals surface area (Å²) in [4.78, 5) is 27.2. The fraction of sp³-hybridized carbons (Fsp3) is 0.368. The van der Waals surface area contributed by atoms with Crippen LogP contribution in [-0.2, 0) is 6.54 Å². The maximum atomic E-state index is 12.7. The summed E-state index contributed by atoms with van der Waals surface area (Å²) in [6, 6.07) is 11.3. The van der Waals surface area contributed by atoms with Gasteiger partial charge in [0.05, 0.1) is 4.88 Å². The number of carbonyl (C=O) groups excluding carboxylic acids is 2. The smallest absolute Gasteiger partial charge is 0.261 e. The highest BCUT2D eigenvalue weighted by Crippen LogP contribution is 2.24. The van der Waals surface area contributed by atoms with Crippen LogP contribution >= 0.6 is 11.3 Å². The van der Waals surface area contributed by atoms with Crippen LogP contribution in [0.25, 0.3) is 0 Å². The molecule has 2 amide bonds. The molecule has 1 aromatic carbocycles. The standard InChI is InChI=1S/C19H23N3O2S/c1-13-9-15(10-20)12-22(13)19(24)16-6-4-14(5-7-16)11-21-18(23)17-3-2-8-25-17/h2-8,13,15H,9-12,20H2,1H3,(H,21,23). The number of nitrogens with two attached hydrogens (primary N) is 1. The number of likely N-dealkylation sites (tertiary alicyclic amines) is 1. The molecule has 3 rings (SSSR count). The van der Waals surface area contributed by atoms with Gasteiger partial charge in [0.25, 0.3) is 11.8 Å². The highest BCUT2D eigenvalue weighted by Gasteiger charge is 2.31. The van der Waals surface area contributed by atoms with Crippen molar-refractivity contribution in [3.8, 4) is 0 Å². The molecule has 25 heavy (non-hydrogen) atoms. The molecule has 1 aromatic heterocycles. The molecule has 2 heterocycles. The number of nitrogens with zero attached hydrogens (tertiary/aromatic N) is 1. The molecular formula is C19H23N3O2S. The summed E-state index contributed by atoms with van der Waals surface area (Å²) in [7, 11) is 0.